The van der Waals surface area contributed by atoms with Gasteiger partial charge >= 0.3 is 0 Å². The lowest BCUT2D eigenvalue weighted by atomic mass is 9.87. The minimum absolute atomic E-state index is 0.357. The molecule has 0 aromatic heterocycles. The van der Waals surface area contributed by atoms with Gasteiger partial charge in [-0.25, -0.2) is 0 Å². The van der Waals surface area contributed by atoms with Crippen molar-refractivity contribution in [2.75, 3.05) is 26.7 Å². The van der Waals surface area contributed by atoms with Crippen molar-refractivity contribution in [2.24, 2.45) is 5.41 Å². The van der Waals surface area contributed by atoms with Gasteiger partial charge in [-0.2, -0.15) is 0 Å². The number of nitrogens with zero attached hydrogens (tertiary/aromatic N) is 1. The van der Waals surface area contributed by atoms with E-state index in [9.17, 15) is 0 Å². The fourth-order valence-corrected chi connectivity index (χ4v) is 3.00. The molecule has 1 aromatic carbocycles. The number of nitrogens with one attached hydrogen (secondary N) is 1. The van der Waals surface area contributed by atoms with Crippen LogP contribution in [-0.2, 0) is 0 Å². The van der Waals surface area contributed by atoms with E-state index in [0.717, 1.165) is 6.54 Å². The van der Waals surface area contributed by atoms with Crippen molar-refractivity contribution in [3.8, 4) is 0 Å². The second-order valence-electron chi connectivity index (χ2n) is 7.70. The van der Waals surface area contributed by atoms with Gasteiger partial charge < -0.3 is 10.2 Å². The van der Waals surface area contributed by atoms with Gasteiger partial charge in [0, 0.05) is 25.7 Å². The number of likely N-dealkylation sites (tertiary alicyclic amines) is 1. The summed E-state index contributed by atoms with van der Waals surface area (Å²) in [7, 11) is 2.24. The zero-order valence-electron chi connectivity index (χ0n) is 13.7. The van der Waals surface area contributed by atoms with Gasteiger partial charge in [-0.3, -0.25) is 0 Å². The van der Waals surface area contributed by atoms with Gasteiger partial charge in [0.25, 0.3) is 0 Å². The highest BCUT2D eigenvalue weighted by molar-refractivity contribution is 5.25. The third-order valence-corrected chi connectivity index (χ3v) is 4.10. The molecule has 2 heteroatoms. The Bertz CT molecular complexity index is 416. The van der Waals surface area contributed by atoms with Crippen LogP contribution >= 0.6 is 0 Å². The average molecular weight is 274 g/mol. The van der Waals surface area contributed by atoms with Crippen LogP contribution in [0.3, 0.4) is 0 Å². The van der Waals surface area contributed by atoms with Crippen molar-refractivity contribution in [3.05, 3.63) is 35.4 Å². The quantitative estimate of drug-likeness (QED) is 0.908. The van der Waals surface area contributed by atoms with Gasteiger partial charge in [0.15, 0.2) is 0 Å². The van der Waals surface area contributed by atoms with Gasteiger partial charge in [-0.05, 0) is 37.3 Å². The highest BCUT2D eigenvalue weighted by Gasteiger charge is 2.26. The molecule has 2 unspecified atom stereocenters. The van der Waals surface area contributed by atoms with E-state index in [1.54, 1.807) is 0 Å². The van der Waals surface area contributed by atoms with E-state index in [-0.39, 0.29) is 0 Å². The third kappa shape index (κ3) is 4.60. The number of aryl methyl sites for hydroxylation is 1. The van der Waals surface area contributed by atoms with E-state index in [0.29, 0.717) is 17.4 Å². The monoisotopic (exact) mass is 274 g/mol. The van der Waals surface area contributed by atoms with Crippen LogP contribution < -0.4 is 5.32 Å². The average Bonchev–Trinajstić information content (AvgIpc) is 2.36. The molecular formula is C18H30N2. The Morgan fingerprint density at radius 1 is 1.15 bits per heavy atom. The van der Waals surface area contributed by atoms with Crippen LogP contribution in [0.2, 0.25) is 0 Å². The molecule has 1 saturated heterocycles. The van der Waals surface area contributed by atoms with Crippen molar-refractivity contribution >= 4 is 0 Å². The van der Waals surface area contributed by atoms with E-state index in [4.69, 9.17) is 0 Å². The molecule has 0 spiro atoms. The Balaban J connectivity index is 1.99. The zero-order valence-corrected chi connectivity index (χ0v) is 13.7. The summed E-state index contributed by atoms with van der Waals surface area (Å²) in [5.74, 6) is 0.659. The Labute approximate surface area is 124 Å². The molecule has 1 N–H and O–H groups in total. The molecule has 1 aliphatic heterocycles. The number of likely N-dealkylation sites (N-methyl/N-ethyl adjacent to an activating group) is 1. The van der Waals surface area contributed by atoms with E-state index < -0.39 is 0 Å². The van der Waals surface area contributed by atoms with Gasteiger partial charge in [0.05, 0.1) is 0 Å². The Hall–Kier alpha value is -0.860. The van der Waals surface area contributed by atoms with Crippen LogP contribution in [-0.4, -0.2) is 37.6 Å². The molecule has 2 nitrogen and oxygen atoms in total. The SMILES string of the molecule is Cc1ccc(C2CC(NCC(C)(C)C)CN(C)C2)cc1. The molecule has 0 radical (unpaired) electrons. The Morgan fingerprint density at radius 2 is 1.80 bits per heavy atom. The molecule has 0 saturated carbocycles. The van der Waals surface area contributed by atoms with Crippen LogP contribution in [0.1, 0.15) is 44.2 Å². The van der Waals surface area contributed by atoms with Crippen molar-refractivity contribution < 1.29 is 0 Å². The highest BCUT2D eigenvalue weighted by Crippen LogP contribution is 2.27. The summed E-state index contributed by atoms with van der Waals surface area (Å²) in [6, 6.07) is 9.70. The van der Waals surface area contributed by atoms with Crippen molar-refractivity contribution in [3.63, 3.8) is 0 Å². The highest BCUT2D eigenvalue weighted by atomic mass is 15.1. The molecule has 1 aromatic rings. The number of hydrogen-bond acceptors (Lipinski definition) is 2. The summed E-state index contributed by atoms with van der Waals surface area (Å²) in [5.41, 5.74) is 3.19. The second-order valence-corrected chi connectivity index (χ2v) is 7.70. The molecule has 20 heavy (non-hydrogen) atoms. The lowest BCUT2D eigenvalue weighted by molar-refractivity contribution is 0.193. The first kappa shape index (κ1) is 15.5. The fraction of sp³-hybridized carbons (Fsp3) is 0.667. The van der Waals surface area contributed by atoms with Crippen LogP contribution in [0.25, 0.3) is 0 Å². The van der Waals surface area contributed by atoms with Crippen molar-refractivity contribution in [2.45, 2.75) is 46.1 Å². The minimum atomic E-state index is 0.357. The van der Waals surface area contributed by atoms with E-state index in [1.807, 2.05) is 0 Å². The zero-order chi connectivity index (χ0) is 14.8. The Kier molecular flexibility index (Phi) is 4.87. The maximum absolute atomic E-state index is 3.76. The fourth-order valence-electron chi connectivity index (χ4n) is 3.00. The smallest absolute Gasteiger partial charge is 0.0201 e. The summed E-state index contributed by atoms with van der Waals surface area (Å²) in [6.07, 6.45) is 1.25. The number of benzene rings is 1. The van der Waals surface area contributed by atoms with Gasteiger partial charge in [0.1, 0.15) is 0 Å². The van der Waals surface area contributed by atoms with Crippen molar-refractivity contribution in [1.29, 1.82) is 0 Å². The van der Waals surface area contributed by atoms with Crippen LogP contribution in [0.15, 0.2) is 24.3 Å². The molecule has 1 aliphatic rings. The van der Waals surface area contributed by atoms with Crippen molar-refractivity contribution in [1.82, 2.24) is 10.2 Å². The number of piperidine rings is 1. The lowest BCUT2D eigenvalue weighted by Crippen LogP contribution is -2.48. The maximum atomic E-state index is 3.76. The third-order valence-electron chi connectivity index (χ3n) is 4.10. The molecule has 1 heterocycles. The summed E-state index contributed by atoms with van der Waals surface area (Å²) in [4.78, 5) is 2.47. The molecule has 1 fully saturated rings. The lowest BCUT2D eigenvalue weighted by Gasteiger charge is -2.37. The Morgan fingerprint density at radius 3 is 2.40 bits per heavy atom. The molecule has 0 aliphatic carbocycles. The van der Waals surface area contributed by atoms with E-state index in [1.165, 1.54) is 30.6 Å². The summed E-state index contributed by atoms with van der Waals surface area (Å²) < 4.78 is 0. The normalized spacial score (nSPS) is 24.9. The first-order valence-electron chi connectivity index (χ1n) is 7.82. The first-order chi connectivity index (χ1) is 9.33. The first-order valence-corrected chi connectivity index (χ1v) is 7.82. The predicted molar refractivity (Wildman–Crippen MR) is 87.3 cm³/mol. The summed E-state index contributed by atoms with van der Waals surface area (Å²) in [5, 5.41) is 3.76. The standard InChI is InChI=1S/C18H30N2/c1-14-6-8-15(9-7-14)16-10-17(12-20(5)11-16)19-13-18(2,3)4/h6-9,16-17,19H,10-13H2,1-5H3. The largest absolute Gasteiger partial charge is 0.312 e. The van der Waals surface area contributed by atoms with E-state index in [2.05, 4.69) is 69.2 Å². The molecule has 0 bridgehead atoms. The van der Waals surface area contributed by atoms with E-state index >= 15 is 0 Å². The summed E-state index contributed by atoms with van der Waals surface area (Å²) in [6.45, 7) is 12.5. The number of rotatable bonds is 3. The van der Waals surface area contributed by atoms with Crippen LogP contribution in [0.5, 0.6) is 0 Å². The number of hydrogen-bond donors (Lipinski definition) is 1. The molecular weight excluding hydrogens is 244 g/mol. The van der Waals surface area contributed by atoms with Gasteiger partial charge in [-0.15, -0.1) is 0 Å². The second kappa shape index (κ2) is 6.28. The molecule has 2 atom stereocenters. The molecule has 0 amide bonds. The predicted octanol–water partition coefficient (Wildman–Crippen LogP) is 3.42. The van der Waals surface area contributed by atoms with Gasteiger partial charge in [0.2, 0.25) is 0 Å². The minimum Gasteiger partial charge on any atom is -0.312 e. The van der Waals surface area contributed by atoms with Gasteiger partial charge in [-0.1, -0.05) is 50.6 Å². The topological polar surface area (TPSA) is 15.3 Å². The van der Waals surface area contributed by atoms with Crippen LogP contribution in [0, 0.1) is 12.3 Å². The van der Waals surface area contributed by atoms with Crippen LogP contribution in [0.4, 0.5) is 0 Å². The maximum Gasteiger partial charge on any atom is 0.0201 e. The molecule has 2 rings (SSSR count). The molecule has 112 valence electrons. The summed E-state index contributed by atoms with van der Waals surface area (Å²) >= 11 is 0.